The molecule has 0 saturated heterocycles. The average molecular weight is 370 g/mol. The summed E-state index contributed by atoms with van der Waals surface area (Å²) in [5, 5.41) is 0. The lowest BCUT2D eigenvalue weighted by molar-refractivity contribution is 0.0589. The molecule has 0 fully saturated rings. The van der Waals surface area contributed by atoms with Crippen LogP contribution < -0.4 is 4.74 Å². The largest absolute Gasteiger partial charge is 0.490 e. The lowest BCUT2D eigenvalue weighted by atomic mass is 9.82. The molecule has 1 atom stereocenters. The summed E-state index contributed by atoms with van der Waals surface area (Å²) in [5.74, 6) is 0.524. The summed E-state index contributed by atoms with van der Waals surface area (Å²) in [7, 11) is 3.48. The van der Waals surface area contributed by atoms with Gasteiger partial charge in [0.1, 0.15) is 12.4 Å². The number of nitrogens with zero attached hydrogens (tertiary/aromatic N) is 2. The molecule has 0 aliphatic heterocycles. The monoisotopic (exact) mass is 370 g/mol. The first-order valence-corrected chi connectivity index (χ1v) is 9.22. The maximum atomic E-state index is 13.3. The smallest absolute Gasteiger partial charge is 0.257 e. The Morgan fingerprint density at radius 1 is 1.11 bits per heavy atom. The van der Waals surface area contributed by atoms with Crippen molar-refractivity contribution in [2.24, 2.45) is 5.41 Å². The minimum absolute atomic E-state index is 0.00747. The van der Waals surface area contributed by atoms with Crippen molar-refractivity contribution < 1.29 is 14.3 Å². The molecular formula is C22H30N2O3. The standard InChI is InChI=1S/C22H30N2O3/c1-22(2,3)20(16-17-10-8-9-13-23-17)24(4)21(25)18-11-6-7-12-19(18)27-15-14-26-5/h6-13,20H,14-16H2,1-5H3/t20-/m0/s1. The van der Waals surface area contributed by atoms with Gasteiger partial charge in [-0.15, -0.1) is 0 Å². The SMILES string of the molecule is COCCOc1ccccc1C(=O)N(C)[C@@H](Cc1ccccn1)C(C)(C)C. The summed E-state index contributed by atoms with van der Waals surface area (Å²) in [5.41, 5.74) is 1.43. The Labute approximate surface area is 162 Å². The first-order chi connectivity index (χ1) is 12.8. The molecule has 0 aliphatic rings. The van der Waals surface area contributed by atoms with Crippen molar-refractivity contribution in [1.29, 1.82) is 0 Å². The summed E-state index contributed by atoms with van der Waals surface area (Å²) in [6, 6.07) is 13.2. The van der Waals surface area contributed by atoms with Crippen LogP contribution >= 0.6 is 0 Å². The third kappa shape index (κ3) is 5.79. The molecule has 0 spiro atoms. The minimum Gasteiger partial charge on any atom is -0.490 e. The second kappa shape index (κ2) is 9.51. The lowest BCUT2D eigenvalue weighted by Crippen LogP contribution is -2.46. The van der Waals surface area contributed by atoms with E-state index >= 15 is 0 Å². The highest BCUT2D eigenvalue weighted by molar-refractivity contribution is 5.97. The van der Waals surface area contributed by atoms with Gasteiger partial charge < -0.3 is 14.4 Å². The molecule has 5 nitrogen and oxygen atoms in total. The number of ether oxygens (including phenoxy) is 2. The normalized spacial score (nSPS) is 12.5. The Morgan fingerprint density at radius 2 is 1.81 bits per heavy atom. The van der Waals surface area contributed by atoms with E-state index in [0.29, 0.717) is 30.9 Å². The van der Waals surface area contributed by atoms with Crippen LogP contribution in [0.4, 0.5) is 0 Å². The fraction of sp³-hybridized carbons (Fsp3) is 0.455. The van der Waals surface area contributed by atoms with Crippen molar-refractivity contribution in [2.75, 3.05) is 27.4 Å². The van der Waals surface area contributed by atoms with Crippen molar-refractivity contribution in [2.45, 2.75) is 33.2 Å². The van der Waals surface area contributed by atoms with Gasteiger partial charge in [-0.1, -0.05) is 39.0 Å². The molecule has 1 heterocycles. The van der Waals surface area contributed by atoms with Crippen LogP contribution in [0.5, 0.6) is 5.75 Å². The molecule has 0 aliphatic carbocycles. The highest BCUT2D eigenvalue weighted by Gasteiger charge is 2.32. The van der Waals surface area contributed by atoms with Crippen LogP contribution in [0.15, 0.2) is 48.7 Å². The molecule has 27 heavy (non-hydrogen) atoms. The molecule has 0 unspecified atom stereocenters. The molecule has 0 bridgehead atoms. The quantitative estimate of drug-likeness (QED) is 0.663. The number of para-hydroxylation sites is 1. The van der Waals surface area contributed by atoms with Crippen molar-refractivity contribution in [3.05, 3.63) is 59.9 Å². The molecule has 1 aromatic carbocycles. The van der Waals surface area contributed by atoms with Gasteiger partial charge in [-0.2, -0.15) is 0 Å². The number of hydrogen-bond donors (Lipinski definition) is 0. The maximum Gasteiger partial charge on any atom is 0.257 e. The first kappa shape index (κ1) is 20.9. The van der Waals surface area contributed by atoms with Gasteiger partial charge in [0.2, 0.25) is 0 Å². The van der Waals surface area contributed by atoms with E-state index in [0.717, 1.165) is 5.69 Å². The average Bonchev–Trinajstić information content (AvgIpc) is 2.65. The molecule has 0 saturated carbocycles. The fourth-order valence-electron chi connectivity index (χ4n) is 3.08. The van der Waals surface area contributed by atoms with Gasteiger partial charge in [-0.05, 0) is 29.7 Å². The molecule has 2 rings (SSSR count). The summed E-state index contributed by atoms with van der Waals surface area (Å²) < 4.78 is 10.8. The zero-order chi connectivity index (χ0) is 19.9. The van der Waals surface area contributed by atoms with Crippen LogP contribution in [0.25, 0.3) is 0 Å². The van der Waals surface area contributed by atoms with E-state index in [1.807, 2.05) is 54.4 Å². The van der Waals surface area contributed by atoms with E-state index in [1.54, 1.807) is 13.3 Å². The third-order valence-corrected chi connectivity index (χ3v) is 4.58. The van der Waals surface area contributed by atoms with E-state index in [4.69, 9.17) is 9.47 Å². The second-order valence-corrected chi connectivity index (χ2v) is 7.66. The number of amides is 1. The van der Waals surface area contributed by atoms with Gasteiger partial charge in [0.25, 0.3) is 5.91 Å². The zero-order valence-corrected chi connectivity index (χ0v) is 16.9. The highest BCUT2D eigenvalue weighted by Crippen LogP contribution is 2.29. The van der Waals surface area contributed by atoms with Crippen molar-refractivity contribution in [1.82, 2.24) is 9.88 Å². The van der Waals surface area contributed by atoms with Gasteiger partial charge in [-0.3, -0.25) is 9.78 Å². The Morgan fingerprint density at radius 3 is 2.44 bits per heavy atom. The van der Waals surface area contributed by atoms with Gasteiger partial charge in [0.15, 0.2) is 0 Å². The number of hydrogen-bond acceptors (Lipinski definition) is 4. The number of aromatic nitrogens is 1. The second-order valence-electron chi connectivity index (χ2n) is 7.66. The van der Waals surface area contributed by atoms with E-state index in [9.17, 15) is 4.79 Å². The van der Waals surface area contributed by atoms with E-state index in [1.165, 1.54) is 0 Å². The zero-order valence-electron chi connectivity index (χ0n) is 16.9. The third-order valence-electron chi connectivity index (χ3n) is 4.58. The predicted molar refractivity (Wildman–Crippen MR) is 107 cm³/mol. The molecule has 5 heteroatoms. The number of carbonyl (C=O) groups is 1. The van der Waals surface area contributed by atoms with Gasteiger partial charge >= 0.3 is 0 Å². The van der Waals surface area contributed by atoms with Crippen LogP contribution in [0.3, 0.4) is 0 Å². The number of rotatable bonds is 8. The summed E-state index contributed by atoms with van der Waals surface area (Å²) >= 11 is 0. The maximum absolute atomic E-state index is 13.3. The number of methoxy groups -OCH3 is 1. The van der Waals surface area contributed by atoms with Crippen LogP contribution in [-0.4, -0.2) is 49.2 Å². The van der Waals surface area contributed by atoms with Crippen LogP contribution in [0.1, 0.15) is 36.8 Å². The summed E-state index contributed by atoms with van der Waals surface area (Å²) in [6.45, 7) is 7.31. The minimum atomic E-state index is -0.103. The van der Waals surface area contributed by atoms with Gasteiger partial charge in [-0.25, -0.2) is 0 Å². The Balaban J connectivity index is 2.24. The van der Waals surface area contributed by atoms with E-state index < -0.39 is 0 Å². The van der Waals surface area contributed by atoms with Crippen molar-refractivity contribution in [3.8, 4) is 5.75 Å². The number of carbonyl (C=O) groups excluding carboxylic acids is 1. The fourth-order valence-corrected chi connectivity index (χ4v) is 3.08. The molecule has 146 valence electrons. The molecule has 1 aromatic heterocycles. The molecular weight excluding hydrogens is 340 g/mol. The van der Waals surface area contributed by atoms with Gasteiger partial charge in [0.05, 0.1) is 12.2 Å². The Bertz CT molecular complexity index is 726. The topological polar surface area (TPSA) is 51.7 Å². The van der Waals surface area contributed by atoms with Crippen LogP contribution in [0.2, 0.25) is 0 Å². The van der Waals surface area contributed by atoms with E-state index in [-0.39, 0.29) is 17.4 Å². The number of likely N-dealkylation sites (N-methyl/N-ethyl adjacent to an activating group) is 1. The first-order valence-electron chi connectivity index (χ1n) is 9.22. The molecule has 2 aromatic rings. The predicted octanol–water partition coefficient (Wildman–Crippen LogP) is 3.84. The van der Waals surface area contributed by atoms with Crippen LogP contribution in [0, 0.1) is 5.41 Å². The van der Waals surface area contributed by atoms with Crippen molar-refractivity contribution >= 4 is 5.91 Å². The molecule has 0 radical (unpaired) electrons. The highest BCUT2D eigenvalue weighted by atomic mass is 16.5. The number of benzene rings is 1. The lowest BCUT2D eigenvalue weighted by Gasteiger charge is -2.38. The van der Waals surface area contributed by atoms with Crippen molar-refractivity contribution in [3.63, 3.8) is 0 Å². The Hall–Kier alpha value is -2.40. The van der Waals surface area contributed by atoms with Crippen LogP contribution in [-0.2, 0) is 11.2 Å². The summed E-state index contributed by atoms with van der Waals surface area (Å²) in [6.07, 6.45) is 2.48. The molecule has 0 N–H and O–H groups in total. The Kier molecular flexibility index (Phi) is 7.36. The molecule has 1 amide bonds. The van der Waals surface area contributed by atoms with E-state index in [2.05, 4.69) is 25.8 Å². The number of pyridine rings is 1. The summed E-state index contributed by atoms with van der Waals surface area (Å²) in [4.78, 5) is 19.5. The van der Waals surface area contributed by atoms with Gasteiger partial charge in [0, 0.05) is 38.5 Å².